The summed E-state index contributed by atoms with van der Waals surface area (Å²) in [6.07, 6.45) is -0.854. The van der Waals surface area contributed by atoms with Crippen molar-refractivity contribution < 1.29 is 14.3 Å². The van der Waals surface area contributed by atoms with Crippen LogP contribution in [0.2, 0.25) is 15.1 Å². The normalized spacial score (nSPS) is 12.0. The monoisotopic (exact) mass is 394 g/mol. The summed E-state index contributed by atoms with van der Waals surface area (Å²) in [5, 5.41) is 2.96. The van der Waals surface area contributed by atoms with E-state index in [9.17, 15) is 4.79 Å². The van der Waals surface area contributed by atoms with Crippen molar-refractivity contribution in [3.63, 3.8) is 0 Å². The van der Waals surface area contributed by atoms with Crippen LogP contribution in [0.25, 0.3) is 10.8 Å². The number of fused-ring (bicyclic) bond motifs is 1. The van der Waals surface area contributed by atoms with Crippen LogP contribution in [-0.2, 0) is 4.79 Å². The fourth-order valence-corrected chi connectivity index (χ4v) is 3.01. The fourth-order valence-electron chi connectivity index (χ4n) is 2.32. The quantitative estimate of drug-likeness (QED) is 0.391. The number of benzene rings is 3. The van der Waals surface area contributed by atoms with Crippen LogP contribution in [0.4, 0.5) is 0 Å². The zero-order valence-corrected chi connectivity index (χ0v) is 15.4. The van der Waals surface area contributed by atoms with Crippen molar-refractivity contribution in [1.29, 1.82) is 0 Å². The minimum atomic E-state index is -0.854. The van der Waals surface area contributed by atoms with Gasteiger partial charge in [-0.2, -0.15) is 0 Å². The lowest BCUT2D eigenvalue weighted by Gasteiger charge is -2.16. The predicted molar refractivity (Wildman–Crippen MR) is 101 cm³/mol. The van der Waals surface area contributed by atoms with E-state index in [2.05, 4.69) is 0 Å². The van der Waals surface area contributed by atoms with Crippen LogP contribution in [0, 0.1) is 0 Å². The van der Waals surface area contributed by atoms with Gasteiger partial charge in [0.15, 0.2) is 6.10 Å². The van der Waals surface area contributed by atoms with Crippen LogP contribution >= 0.6 is 34.8 Å². The molecule has 0 saturated heterocycles. The van der Waals surface area contributed by atoms with E-state index in [1.807, 2.05) is 24.3 Å². The van der Waals surface area contributed by atoms with Crippen LogP contribution < -0.4 is 9.47 Å². The number of carbonyl (C=O) groups is 1. The smallest absolute Gasteiger partial charge is 0.352 e. The highest BCUT2D eigenvalue weighted by atomic mass is 35.5. The van der Waals surface area contributed by atoms with E-state index in [1.165, 1.54) is 0 Å². The topological polar surface area (TPSA) is 35.5 Å². The highest BCUT2D eigenvalue weighted by Crippen LogP contribution is 2.32. The third-order valence-corrected chi connectivity index (χ3v) is 4.43. The molecule has 1 atom stereocenters. The Morgan fingerprint density at radius 2 is 1.56 bits per heavy atom. The Morgan fingerprint density at radius 1 is 0.880 bits per heavy atom. The molecular weight excluding hydrogens is 383 g/mol. The second-order valence-electron chi connectivity index (χ2n) is 5.35. The van der Waals surface area contributed by atoms with Crippen molar-refractivity contribution >= 4 is 51.5 Å². The Balaban J connectivity index is 1.79. The third-order valence-electron chi connectivity index (χ3n) is 3.57. The van der Waals surface area contributed by atoms with Gasteiger partial charge in [0.25, 0.3) is 0 Å². The molecule has 0 heterocycles. The van der Waals surface area contributed by atoms with E-state index < -0.39 is 12.1 Å². The van der Waals surface area contributed by atoms with Gasteiger partial charge in [-0.25, -0.2) is 4.79 Å². The third kappa shape index (κ3) is 4.01. The van der Waals surface area contributed by atoms with Crippen LogP contribution in [-0.4, -0.2) is 12.1 Å². The largest absolute Gasteiger partial charge is 0.477 e. The Labute approximate surface area is 160 Å². The van der Waals surface area contributed by atoms with E-state index in [4.69, 9.17) is 44.3 Å². The molecule has 3 aromatic carbocycles. The molecule has 0 aliphatic heterocycles. The number of carbonyl (C=O) groups excluding carboxylic acids is 1. The lowest BCUT2D eigenvalue weighted by atomic mass is 10.1. The molecule has 25 heavy (non-hydrogen) atoms. The van der Waals surface area contributed by atoms with Gasteiger partial charge in [-0.05, 0) is 37.3 Å². The highest BCUT2D eigenvalue weighted by molar-refractivity contribution is 6.36. The Kier molecular flexibility index (Phi) is 5.38. The summed E-state index contributed by atoms with van der Waals surface area (Å²) in [7, 11) is 0. The van der Waals surface area contributed by atoms with Crippen molar-refractivity contribution in [1.82, 2.24) is 0 Å². The van der Waals surface area contributed by atoms with Gasteiger partial charge in [-0.3, -0.25) is 0 Å². The minimum absolute atomic E-state index is 0.323. The van der Waals surface area contributed by atoms with Gasteiger partial charge < -0.3 is 9.47 Å². The highest BCUT2D eigenvalue weighted by Gasteiger charge is 2.20. The number of hydrogen-bond donors (Lipinski definition) is 0. The summed E-state index contributed by atoms with van der Waals surface area (Å²) < 4.78 is 11.1. The molecule has 0 radical (unpaired) electrons. The summed E-state index contributed by atoms with van der Waals surface area (Å²) in [6, 6.07) is 15.5. The number of rotatable bonds is 4. The first-order chi connectivity index (χ1) is 12.0. The molecule has 6 heteroatoms. The Bertz CT molecular complexity index is 940. The summed E-state index contributed by atoms with van der Waals surface area (Å²) in [6.45, 7) is 1.59. The molecule has 0 saturated carbocycles. The molecule has 128 valence electrons. The summed E-state index contributed by atoms with van der Waals surface area (Å²) in [5.41, 5.74) is 0. The second kappa shape index (κ2) is 7.52. The van der Waals surface area contributed by atoms with Gasteiger partial charge in [0.2, 0.25) is 0 Å². The molecule has 3 nitrogen and oxygen atoms in total. The molecular formula is C19H13Cl3O3. The molecule has 3 rings (SSSR count). The molecule has 0 bridgehead atoms. The zero-order valence-electron chi connectivity index (χ0n) is 13.1. The molecule has 0 aliphatic carbocycles. The lowest BCUT2D eigenvalue weighted by molar-refractivity contribution is -0.141. The van der Waals surface area contributed by atoms with E-state index in [0.717, 1.165) is 10.8 Å². The maximum atomic E-state index is 12.4. The lowest BCUT2D eigenvalue weighted by Crippen LogP contribution is -2.28. The van der Waals surface area contributed by atoms with Crippen LogP contribution in [0.5, 0.6) is 11.5 Å². The first-order valence-corrected chi connectivity index (χ1v) is 8.60. The van der Waals surface area contributed by atoms with E-state index in [1.54, 1.807) is 37.3 Å². The summed E-state index contributed by atoms with van der Waals surface area (Å²) in [4.78, 5) is 12.4. The van der Waals surface area contributed by atoms with Gasteiger partial charge in [-0.1, -0.05) is 59.1 Å². The van der Waals surface area contributed by atoms with Crippen molar-refractivity contribution in [2.45, 2.75) is 13.0 Å². The van der Waals surface area contributed by atoms with Gasteiger partial charge in [0, 0.05) is 20.8 Å². The molecule has 0 fully saturated rings. The van der Waals surface area contributed by atoms with Crippen molar-refractivity contribution in [3.8, 4) is 11.5 Å². The first-order valence-electron chi connectivity index (χ1n) is 7.46. The first kappa shape index (κ1) is 17.9. The average molecular weight is 396 g/mol. The Hall–Kier alpha value is -1.94. The molecule has 0 aromatic heterocycles. The van der Waals surface area contributed by atoms with Crippen molar-refractivity contribution in [2.24, 2.45) is 0 Å². The molecule has 0 unspecified atom stereocenters. The van der Waals surface area contributed by atoms with E-state index in [0.29, 0.717) is 26.6 Å². The van der Waals surface area contributed by atoms with Crippen LogP contribution in [0.1, 0.15) is 6.92 Å². The van der Waals surface area contributed by atoms with Crippen LogP contribution in [0.15, 0.2) is 54.6 Å². The standard InChI is InChI=1S/C19H13Cl3O3/c1-11(24-18-8-6-12(20)10-16(18)22)19(23)25-17-9-7-15(21)13-4-2-3-5-14(13)17/h2-11H,1H3/t11-/m0/s1. The molecule has 3 aromatic rings. The number of hydrogen-bond acceptors (Lipinski definition) is 3. The zero-order chi connectivity index (χ0) is 18.0. The Morgan fingerprint density at radius 3 is 2.28 bits per heavy atom. The summed E-state index contributed by atoms with van der Waals surface area (Å²) >= 11 is 18.1. The SMILES string of the molecule is C[C@H](Oc1ccc(Cl)cc1Cl)C(=O)Oc1ccc(Cl)c2ccccc12. The summed E-state index contributed by atoms with van der Waals surface area (Å²) in [5.74, 6) is 0.234. The van der Waals surface area contributed by atoms with Crippen LogP contribution in [0.3, 0.4) is 0 Å². The van der Waals surface area contributed by atoms with Gasteiger partial charge in [0.1, 0.15) is 11.5 Å². The van der Waals surface area contributed by atoms with E-state index in [-0.39, 0.29) is 0 Å². The molecule has 0 N–H and O–H groups in total. The van der Waals surface area contributed by atoms with E-state index >= 15 is 0 Å². The van der Waals surface area contributed by atoms with Gasteiger partial charge in [0.05, 0.1) is 5.02 Å². The predicted octanol–water partition coefficient (Wildman–Crippen LogP) is 6.17. The minimum Gasteiger partial charge on any atom is -0.477 e. The average Bonchev–Trinajstić information content (AvgIpc) is 2.60. The molecule has 0 aliphatic rings. The number of halogens is 3. The maximum absolute atomic E-state index is 12.4. The maximum Gasteiger partial charge on any atom is 0.352 e. The number of esters is 1. The number of ether oxygens (including phenoxy) is 2. The van der Waals surface area contributed by atoms with Gasteiger partial charge in [-0.15, -0.1) is 0 Å². The second-order valence-corrected chi connectivity index (χ2v) is 6.60. The van der Waals surface area contributed by atoms with Crippen molar-refractivity contribution in [2.75, 3.05) is 0 Å². The van der Waals surface area contributed by atoms with Gasteiger partial charge >= 0.3 is 5.97 Å². The van der Waals surface area contributed by atoms with Crippen molar-refractivity contribution in [3.05, 3.63) is 69.7 Å². The molecule has 0 amide bonds. The molecule has 0 spiro atoms. The fraction of sp³-hybridized carbons (Fsp3) is 0.105.